The maximum absolute atomic E-state index is 5.45. The third-order valence-electron chi connectivity index (χ3n) is 0.569. The summed E-state index contributed by atoms with van der Waals surface area (Å²) >= 11 is 16.0. The van der Waals surface area contributed by atoms with E-state index in [1.807, 2.05) is 0 Å². The second-order valence-electron chi connectivity index (χ2n) is 1.20. The zero-order valence-electron chi connectivity index (χ0n) is 4.13. The third kappa shape index (κ3) is 3.56. The van der Waals surface area contributed by atoms with Crippen LogP contribution in [0, 0.1) is 0 Å². The predicted molar refractivity (Wildman–Crippen MR) is 38.3 cm³/mol. The molecule has 0 amide bonds. The molecule has 0 rings (SSSR count). The Balaban J connectivity index is 3.62. The second-order valence-corrected chi connectivity index (χ2v) is 2.61. The van der Waals surface area contributed by atoms with Gasteiger partial charge in [-0.05, 0) is 13.0 Å². The Morgan fingerprint density at radius 2 is 1.75 bits per heavy atom. The van der Waals surface area contributed by atoms with Gasteiger partial charge in [-0.3, -0.25) is 0 Å². The molecule has 0 aromatic carbocycles. The van der Waals surface area contributed by atoms with Crippen molar-refractivity contribution in [3.63, 3.8) is 0 Å². The van der Waals surface area contributed by atoms with Crippen molar-refractivity contribution in [1.29, 1.82) is 0 Å². The van der Waals surface area contributed by atoms with Crippen molar-refractivity contribution in [2.75, 3.05) is 6.54 Å². The van der Waals surface area contributed by atoms with E-state index in [1.54, 1.807) is 0 Å². The minimum Gasteiger partial charge on any atom is -0.330 e. The summed E-state index contributed by atoms with van der Waals surface area (Å²) < 4.78 is 0.108. The van der Waals surface area contributed by atoms with Crippen LogP contribution in [0.25, 0.3) is 0 Å². The molecule has 48 valence electrons. The van der Waals surface area contributed by atoms with Gasteiger partial charge in [-0.1, -0.05) is 34.8 Å². The fourth-order valence-corrected chi connectivity index (χ4v) is 0.519. The van der Waals surface area contributed by atoms with E-state index in [-0.39, 0.29) is 4.49 Å². The molecular weight excluding hydrogens is 168 g/mol. The minimum absolute atomic E-state index is 0.108. The van der Waals surface area contributed by atoms with E-state index in [9.17, 15) is 0 Å². The van der Waals surface area contributed by atoms with Gasteiger partial charge in [-0.2, -0.15) is 0 Å². The lowest BCUT2D eigenvalue weighted by Gasteiger charge is -1.91. The van der Waals surface area contributed by atoms with Gasteiger partial charge in [0.15, 0.2) is 0 Å². The summed E-state index contributed by atoms with van der Waals surface area (Å²) in [4.78, 5) is 0. The van der Waals surface area contributed by atoms with E-state index in [1.165, 1.54) is 0 Å². The molecule has 0 saturated heterocycles. The Labute approximate surface area is 63.4 Å². The van der Waals surface area contributed by atoms with Gasteiger partial charge in [0.1, 0.15) is 4.49 Å². The second kappa shape index (κ2) is 4.45. The molecule has 0 aromatic rings. The molecule has 0 saturated carbocycles. The highest BCUT2D eigenvalue weighted by Crippen LogP contribution is 2.19. The maximum Gasteiger partial charge on any atom is 0.121 e. The fourth-order valence-electron chi connectivity index (χ4n) is 0.221. The number of hydrogen-bond acceptors (Lipinski definition) is 1. The molecule has 0 aliphatic heterocycles. The first kappa shape index (κ1) is 8.57. The van der Waals surface area contributed by atoms with Crippen molar-refractivity contribution >= 4 is 34.8 Å². The van der Waals surface area contributed by atoms with E-state index >= 15 is 0 Å². The van der Waals surface area contributed by atoms with Gasteiger partial charge in [0.05, 0.1) is 0 Å². The van der Waals surface area contributed by atoms with Crippen molar-refractivity contribution in [3.05, 3.63) is 9.52 Å². The number of hydrogen-bond donors (Lipinski definition) is 1. The Kier molecular flexibility index (Phi) is 4.77. The molecule has 2 N–H and O–H groups in total. The highest BCUT2D eigenvalue weighted by atomic mass is 35.5. The first-order valence-corrected chi connectivity index (χ1v) is 3.21. The molecule has 4 heteroatoms. The predicted octanol–water partition coefficient (Wildman–Crippen LogP) is 2.22. The Hall–Kier alpha value is 0.570. The molecule has 1 nitrogen and oxygen atoms in total. The van der Waals surface area contributed by atoms with Crippen LogP contribution in [0.5, 0.6) is 0 Å². The first-order chi connectivity index (χ1) is 3.68. The van der Waals surface area contributed by atoms with Crippen LogP contribution in [0.1, 0.15) is 6.42 Å². The lowest BCUT2D eigenvalue weighted by Crippen LogP contribution is -1.97. The van der Waals surface area contributed by atoms with Crippen LogP contribution < -0.4 is 5.73 Å². The smallest absolute Gasteiger partial charge is 0.121 e. The monoisotopic (exact) mass is 173 g/mol. The Bertz CT molecular complexity index is 95.5. The average Bonchev–Trinajstić information content (AvgIpc) is 1.67. The number of nitrogens with two attached hydrogens (primary N) is 1. The van der Waals surface area contributed by atoms with Crippen LogP contribution in [0.2, 0.25) is 0 Å². The van der Waals surface area contributed by atoms with Gasteiger partial charge in [0.2, 0.25) is 0 Å². The van der Waals surface area contributed by atoms with E-state index in [0.717, 1.165) is 0 Å². The summed E-state index contributed by atoms with van der Waals surface area (Å²) in [5.41, 5.74) is 5.13. The lowest BCUT2D eigenvalue weighted by atomic mass is 10.4. The molecule has 8 heavy (non-hydrogen) atoms. The minimum atomic E-state index is 0.108. The van der Waals surface area contributed by atoms with Crippen molar-refractivity contribution < 1.29 is 0 Å². The van der Waals surface area contributed by atoms with Crippen molar-refractivity contribution in [1.82, 2.24) is 0 Å². The molecule has 0 bridgehead atoms. The highest BCUT2D eigenvalue weighted by Gasteiger charge is 1.94. The topological polar surface area (TPSA) is 26.0 Å². The van der Waals surface area contributed by atoms with E-state index in [2.05, 4.69) is 0 Å². The molecule has 0 radical (unpaired) electrons. The van der Waals surface area contributed by atoms with Crippen LogP contribution in [-0.4, -0.2) is 6.54 Å². The number of rotatable bonds is 2. The quantitative estimate of drug-likeness (QED) is 0.683. The van der Waals surface area contributed by atoms with Gasteiger partial charge >= 0.3 is 0 Å². The lowest BCUT2D eigenvalue weighted by molar-refractivity contribution is 0.994. The van der Waals surface area contributed by atoms with Gasteiger partial charge in [-0.25, -0.2) is 0 Å². The maximum atomic E-state index is 5.45. The summed E-state index contributed by atoms with van der Waals surface area (Å²) in [6, 6.07) is 0. The third-order valence-corrected chi connectivity index (χ3v) is 1.60. The standard InChI is InChI=1S/C4H6Cl3N/c5-3(1-2-8)4(6)7/h1-2,8H2. The van der Waals surface area contributed by atoms with Crippen molar-refractivity contribution in [2.45, 2.75) is 6.42 Å². The van der Waals surface area contributed by atoms with Crippen LogP contribution >= 0.6 is 34.8 Å². The van der Waals surface area contributed by atoms with Crippen LogP contribution in [0.15, 0.2) is 9.52 Å². The number of halogens is 3. The van der Waals surface area contributed by atoms with E-state index < -0.39 is 0 Å². The molecular formula is C4H6Cl3N. The summed E-state index contributed by atoms with van der Waals surface area (Å²) in [7, 11) is 0. The summed E-state index contributed by atoms with van der Waals surface area (Å²) in [5.74, 6) is 0. The molecule has 0 fully saturated rings. The summed E-state index contributed by atoms with van der Waals surface area (Å²) in [6.07, 6.45) is 0.546. The van der Waals surface area contributed by atoms with Gasteiger partial charge in [-0.15, -0.1) is 0 Å². The molecule has 0 unspecified atom stereocenters. The van der Waals surface area contributed by atoms with Gasteiger partial charge < -0.3 is 5.73 Å². The SMILES string of the molecule is NCCC(Cl)=C(Cl)Cl. The van der Waals surface area contributed by atoms with E-state index in [4.69, 9.17) is 40.5 Å². The van der Waals surface area contributed by atoms with Crippen LogP contribution in [0.4, 0.5) is 0 Å². The van der Waals surface area contributed by atoms with Crippen LogP contribution in [-0.2, 0) is 0 Å². The molecule has 0 aliphatic carbocycles. The van der Waals surface area contributed by atoms with Gasteiger partial charge in [0.25, 0.3) is 0 Å². The molecule has 0 aliphatic rings. The largest absolute Gasteiger partial charge is 0.330 e. The van der Waals surface area contributed by atoms with Crippen molar-refractivity contribution in [2.24, 2.45) is 5.73 Å². The Morgan fingerprint density at radius 3 is 1.88 bits per heavy atom. The molecule has 0 spiro atoms. The Morgan fingerprint density at radius 1 is 1.25 bits per heavy atom. The fraction of sp³-hybridized carbons (Fsp3) is 0.500. The molecule has 0 heterocycles. The first-order valence-electron chi connectivity index (χ1n) is 2.08. The van der Waals surface area contributed by atoms with Crippen molar-refractivity contribution in [3.8, 4) is 0 Å². The molecule has 0 aromatic heterocycles. The normalized spacial score (nSPS) is 9.00. The zero-order chi connectivity index (χ0) is 6.57. The van der Waals surface area contributed by atoms with E-state index in [0.29, 0.717) is 18.0 Å². The van der Waals surface area contributed by atoms with Gasteiger partial charge in [0, 0.05) is 5.03 Å². The highest BCUT2D eigenvalue weighted by molar-refractivity contribution is 6.59. The van der Waals surface area contributed by atoms with Crippen LogP contribution in [0.3, 0.4) is 0 Å². The molecule has 0 atom stereocenters. The average molecular weight is 174 g/mol. The summed E-state index contributed by atoms with van der Waals surface area (Å²) in [6.45, 7) is 0.474. The zero-order valence-corrected chi connectivity index (χ0v) is 6.39. The summed E-state index contributed by atoms with van der Waals surface area (Å²) in [5, 5.41) is 0.427.